The van der Waals surface area contributed by atoms with Gasteiger partial charge in [-0.15, -0.1) is 0 Å². The van der Waals surface area contributed by atoms with E-state index in [2.05, 4.69) is 20.8 Å². The first-order valence-electron chi connectivity index (χ1n) is 6.34. The van der Waals surface area contributed by atoms with Gasteiger partial charge in [-0.3, -0.25) is 0 Å². The molecule has 1 fully saturated rings. The van der Waals surface area contributed by atoms with E-state index in [0.717, 1.165) is 12.8 Å². The summed E-state index contributed by atoms with van der Waals surface area (Å²) in [5.74, 6) is 0. The Balaban J connectivity index is 2.35. The van der Waals surface area contributed by atoms with Crippen molar-refractivity contribution in [2.45, 2.75) is 52.1 Å². The van der Waals surface area contributed by atoms with Gasteiger partial charge in [-0.25, -0.2) is 0 Å². The Morgan fingerprint density at radius 1 is 1.06 bits per heavy atom. The van der Waals surface area contributed by atoms with Gasteiger partial charge in [0.1, 0.15) is 0 Å². The number of hydrogen-bond donors (Lipinski definition) is 1. The molecule has 0 atom stereocenters. The van der Waals surface area contributed by atoms with E-state index in [1.807, 2.05) is 0 Å². The van der Waals surface area contributed by atoms with Crippen LogP contribution in [0.1, 0.15) is 46.5 Å². The zero-order valence-corrected chi connectivity index (χ0v) is 10.9. The fraction of sp³-hybridized carbons (Fsp3) is 1.00. The van der Waals surface area contributed by atoms with E-state index in [9.17, 15) is 0 Å². The van der Waals surface area contributed by atoms with E-state index < -0.39 is 0 Å². The zero-order valence-electron chi connectivity index (χ0n) is 10.9. The molecule has 0 unspecified atom stereocenters. The van der Waals surface area contributed by atoms with E-state index in [1.165, 1.54) is 12.8 Å². The molecule has 1 N–H and O–H groups in total. The van der Waals surface area contributed by atoms with Crippen molar-refractivity contribution < 1.29 is 14.6 Å². The lowest BCUT2D eigenvalue weighted by Gasteiger charge is -2.41. The minimum Gasteiger partial charge on any atom is -0.394 e. The summed E-state index contributed by atoms with van der Waals surface area (Å²) in [4.78, 5) is 0. The fourth-order valence-electron chi connectivity index (χ4n) is 2.52. The molecule has 0 saturated heterocycles. The molecule has 0 bridgehead atoms. The highest BCUT2D eigenvalue weighted by molar-refractivity contribution is 4.96. The van der Waals surface area contributed by atoms with Crippen LogP contribution in [0.5, 0.6) is 0 Å². The smallest absolute Gasteiger partial charge is 0.0731 e. The van der Waals surface area contributed by atoms with Gasteiger partial charge in [-0.1, -0.05) is 33.6 Å². The van der Waals surface area contributed by atoms with Crippen LogP contribution < -0.4 is 0 Å². The standard InChI is InChI=1S/C13H26O3/c1-12(2,3)13(6-4-5-7-13)16-11-10-15-9-8-14/h14H,4-11H2,1-3H3. The van der Waals surface area contributed by atoms with Crippen molar-refractivity contribution in [3.05, 3.63) is 0 Å². The van der Waals surface area contributed by atoms with Crippen LogP contribution in [0, 0.1) is 5.41 Å². The first-order chi connectivity index (χ1) is 7.52. The van der Waals surface area contributed by atoms with Crippen molar-refractivity contribution in [3.63, 3.8) is 0 Å². The molecule has 0 aliphatic heterocycles. The van der Waals surface area contributed by atoms with Gasteiger partial charge in [0.15, 0.2) is 0 Å². The Morgan fingerprint density at radius 2 is 1.69 bits per heavy atom. The molecule has 0 aromatic carbocycles. The van der Waals surface area contributed by atoms with Crippen LogP contribution in [0.4, 0.5) is 0 Å². The van der Waals surface area contributed by atoms with Crippen LogP contribution in [0.25, 0.3) is 0 Å². The SMILES string of the molecule is CC(C)(C)C1(OCCOCCO)CCCC1. The Hall–Kier alpha value is -0.120. The summed E-state index contributed by atoms with van der Waals surface area (Å²) >= 11 is 0. The van der Waals surface area contributed by atoms with E-state index in [4.69, 9.17) is 14.6 Å². The second kappa shape index (κ2) is 5.99. The second-order valence-electron chi connectivity index (χ2n) is 5.64. The average Bonchev–Trinajstić information content (AvgIpc) is 2.66. The Morgan fingerprint density at radius 3 is 2.19 bits per heavy atom. The molecule has 0 spiro atoms. The first-order valence-corrected chi connectivity index (χ1v) is 6.34. The second-order valence-corrected chi connectivity index (χ2v) is 5.64. The lowest BCUT2D eigenvalue weighted by molar-refractivity contribution is -0.125. The predicted molar refractivity (Wildman–Crippen MR) is 64.5 cm³/mol. The van der Waals surface area contributed by atoms with Crippen LogP contribution in [0.15, 0.2) is 0 Å². The van der Waals surface area contributed by atoms with Gasteiger partial charge < -0.3 is 14.6 Å². The molecule has 3 nitrogen and oxygen atoms in total. The van der Waals surface area contributed by atoms with E-state index >= 15 is 0 Å². The normalized spacial score (nSPS) is 20.2. The van der Waals surface area contributed by atoms with Gasteiger partial charge in [0.05, 0.1) is 32.0 Å². The third kappa shape index (κ3) is 3.44. The molecule has 16 heavy (non-hydrogen) atoms. The molecule has 1 saturated carbocycles. The largest absolute Gasteiger partial charge is 0.394 e. The lowest BCUT2D eigenvalue weighted by atomic mass is 9.75. The first kappa shape index (κ1) is 13.9. The molecule has 1 aliphatic rings. The molecule has 1 aliphatic carbocycles. The van der Waals surface area contributed by atoms with Gasteiger partial charge in [0.25, 0.3) is 0 Å². The Kier molecular flexibility index (Phi) is 5.22. The van der Waals surface area contributed by atoms with Crippen molar-refractivity contribution in [2.75, 3.05) is 26.4 Å². The molecular weight excluding hydrogens is 204 g/mol. The molecule has 0 amide bonds. The summed E-state index contributed by atoms with van der Waals surface area (Å²) in [7, 11) is 0. The summed E-state index contributed by atoms with van der Waals surface area (Å²) < 4.78 is 11.3. The third-order valence-electron chi connectivity index (χ3n) is 3.62. The predicted octanol–water partition coefficient (Wildman–Crippen LogP) is 2.37. The summed E-state index contributed by atoms with van der Waals surface area (Å²) in [5.41, 5.74) is 0.232. The van der Waals surface area contributed by atoms with Crippen LogP contribution in [-0.4, -0.2) is 37.1 Å². The monoisotopic (exact) mass is 230 g/mol. The van der Waals surface area contributed by atoms with Crippen molar-refractivity contribution in [2.24, 2.45) is 5.41 Å². The van der Waals surface area contributed by atoms with Gasteiger partial charge in [-0.05, 0) is 18.3 Å². The van der Waals surface area contributed by atoms with Gasteiger partial charge in [0, 0.05) is 0 Å². The van der Waals surface area contributed by atoms with Gasteiger partial charge in [0.2, 0.25) is 0 Å². The molecule has 1 rings (SSSR count). The summed E-state index contributed by atoms with van der Waals surface area (Å²) in [6, 6.07) is 0. The molecule has 0 aromatic rings. The van der Waals surface area contributed by atoms with Gasteiger partial charge in [-0.2, -0.15) is 0 Å². The van der Waals surface area contributed by atoms with Crippen molar-refractivity contribution in [1.82, 2.24) is 0 Å². The third-order valence-corrected chi connectivity index (χ3v) is 3.62. The van der Waals surface area contributed by atoms with Crippen LogP contribution in [0.2, 0.25) is 0 Å². The number of aliphatic hydroxyl groups is 1. The lowest BCUT2D eigenvalue weighted by Crippen LogP contribution is -2.43. The number of hydrogen-bond acceptors (Lipinski definition) is 3. The molecule has 0 heterocycles. The molecule has 0 radical (unpaired) electrons. The summed E-state index contributed by atoms with van der Waals surface area (Å²) in [5, 5.41) is 8.59. The maximum absolute atomic E-state index is 8.59. The number of rotatable bonds is 6. The topological polar surface area (TPSA) is 38.7 Å². The van der Waals surface area contributed by atoms with Gasteiger partial charge >= 0.3 is 0 Å². The molecule has 96 valence electrons. The van der Waals surface area contributed by atoms with Crippen LogP contribution in [0.3, 0.4) is 0 Å². The Bertz CT molecular complexity index is 190. The minimum absolute atomic E-state index is 0.0373. The van der Waals surface area contributed by atoms with Crippen molar-refractivity contribution in [3.8, 4) is 0 Å². The summed E-state index contributed by atoms with van der Waals surface area (Å²) in [6.45, 7) is 8.48. The molecular formula is C13H26O3. The van der Waals surface area contributed by atoms with Crippen molar-refractivity contribution >= 4 is 0 Å². The maximum atomic E-state index is 8.59. The fourth-order valence-corrected chi connectivity index (χ4v) is 2.52. The minimum atomic E-state index is 0.0373. The van der Waals surface area contributed by atoms with Crippen LogP contribution in [-0.2, 0) is 9.47 Å². The highest BCUT2D eigenvalue weighted by atomic mass is 16.5. The quantitative estimate of drug-likeness (QED) is 0.712. The number of aliphatic hydroxyl groups excluding tert-OH is 1. The highest BCUT2D eigenvalue weighted by Crippen LogP contribution is 2.46. The van der Waals surface area contributed by atoms with Crippen LogP contribution >= 0.6 is 0 Å². The molecule has 3 heteroatoms. The van der Waals surface area contributed by atoms with E-state index in [1.54, 1.807) is 0 Å². The number of ether oxygens (including phenoxy) is 2. The molecule has 0 aromatic heterocycles. The Labute approximate surface area is 99.1 Å². The van der Waals surface area contributed by atoms with E-state index in [0.29, 0.717) is 19.8 Å². The highest BCUT2D eigenvalue weighted by Gasteiger charge is 2.44. The van der Waals surface area contributed by atoms with Crippen molar-refractivity contribution in [1.29, 1.82) is 0 Å². The van der Waals surface area contributed by atoms with E-state index in [-0.39, 0.29) is 17.6 Å². The zero-order chi connectivity index (χ0) is 12.1. The maximum Gasteiger partial charge on any atom is 0.0731 e. The average molecular weight is 230 g/mol. The summed E-state index contributed by atoms with van der Waals surface area (Å²) in [6.07, 6.45) is 4.87.